The molecule has 0 bridgehead atoms. The fourth-order valence-electron chi connectivity index (χ4n) is 2.76. The predicted molar refractivity (Wildman–Crippen MR) is 63.6 cm³/mol. The molecule has 0 aromatic heterocycles. The molecule has 4 unspecified atom stereocenters. The summed E-state index contributed by atoms with van der Waals surface area (Å²) < 4.78 is 5.55. The molecule has 2 saturated heterocycles. The van der Waals surface area contributed by atoms with E-state index in [4.69, 9.17) is 9.84 Å². The van der Waals surface area contributed by atoms with Crippen LogP contribution in [0.2, 0.25) is 0 Å². The zero-order valence-electron chi connectivity index (χ0n) is 10.6. The monoisotopic (exact) mass is 242 g/mol. The van der Waals surface area contributed by atoms with Crippen molar-refractivity contribution >= 4 is 5.91 Å². The average molecular weight is 242 g/mol. The number of nitrogens with zero attached hydrogens (tertiary/aromatic N) is 1. The molecule has 2 rings (SSSR count). The van der Waals surface area contributed by atoms with Crippen molar-refractivity contribution in [3.05, 3.63) is 0 Å². The molecule has 0 aromatic carbocycles. The molecule has 17 heavy (non-hydrogen) atoms. The van der Waals surface area contributed by atoms with Crippen LogP contribution < -0.4 is 5.32 Å². The lowest BCUT2D eigenvalue weighted by atomic mass is 9.99. The Bertz CT molecular complexity index is 285. The Morgan fingerprint density at radius 2 is 2.24 bits per heavy atom. The highest BCUT2D eigenvalue weighted by Crippen LogP contribution is 2.21. The lowest BCUT2D eigenvalue weighted by Crippen LogP contribution is -2.52. The minimum atomic E-state index is -0.229. The van der Waals surface area contributed by atoms with Crippen molar-refractivity contribution in [3.63, 3.8) is 0 Å². The number of amides is 1. The third-order valence-corrected chi connectivity index (χ3v) is 3.68. The normalized spacial score (nSPS) is 38.4. The average Bonchev–Trinajstić information content (AvgIpc) is 2.73. The summed E-state index contributed by atoms with van der Waals surface area (Å²) in [6.45, 7) is 6.05. The number of nitrogens with one attached hydrogen (secondary N) is 1. The van der Waals surface area contributed by atoms with Gasteiger partial charge in [0.05, 0.1) is 24.7 Å². The van der Waals surface area contributed by atoms with Crippen molar-refractivity contribution in [2.45, 2.75) is 38.5 Å². The van der Waals surface area contributed by atoms with Gasteiger partial charge >= 0.3 is 0 Å². The number of carbonyl (C=O) groups is 1. The first-order chi connectivity index (χ1) is 8.11. The quantitative estimate of drug-likeness (QED) is 0.691. The van der Waals surface area contributed by atoms with Gasteiger partial charge in [-0.3, -0.25) is 4.79 Å². The number of morpholine rings is 1. The molecule has 0 aromatic rings. The Hall–Kier alpha value is -0.650. The third-order valence-electron chi connectivity index (χ3n) is 3.68. The Morgan fingerprint density at radius 3 is 2.82 bits per heavy atom. The van der Waals surface area contributed by atoms with E-state index >= 15 is 0 Å². The summed E-state index contributed by atoms with van der Waals surface area (Å²) in [5.74, 6) is 0.288. The molecule has 2 aliphatic rings. The topological polar surface area (TPSA) is 61.8 Å². The highest BCUT2D eigenvalue weighted by atomic mass is 16.5. The maximum absolute atomic E-state index is 12.4. The Kier molecular flexibility index (Phi) is 4.01. The molecule has 4 atom stereocenters. The zero-order chi connectivity index (χ0) is 12.4. The van der Waals surface area contributed by atoms with Gasteiger partial charge in [-0.1, -0.05) is 0 Å². The van der Waals surface area contributed by atoms with E-state index in [1.54, 1.807) is 0 Å². The van der Waals surface area contributed by atoms with E-state index in [1.165, 1.54) is 0 Å². The van der Waals surface area contributed by atoms with E-state index in [-0.39, 0.29) is 36.7 Å². The standard InChI is InChI=1S/C12H22N2O3/c1-8-5-14(6-10(7-15)17-8)12(16)11-3-4-13-9(11)2/h8-11,13,15H,3-7H2,1-2H3. The summed E-state index contributed by atoms with van der Waals surface area (Å²) in [6, 6.07) is 0.258. The highest BCUT2D eigenvalue weighted by Gasteiger charge is 2.36. The zero-order valence-corrected chi connectivity index (χ0v) is 10.6. The summed E-state index contributed by atoms with van der Waals surface area (Å²) in [6.07, 6.45) is 0.692. The van der Waals surface area contributed by atoms with E-state index in [9.17, 15) is 4.79 Å². The van der Waals surface area contributed by atoms with Crippen LogP contribution in [0.1, 0.15) is 20.3 Å². The van der Waals surface area contributed by atoms with Crippen LogP contribution in [-0.2, 0) is 9.53 Å². The molecule has 0 spiro atoms. The smallest absolute Gasteiger partial charge is 0.227 e. The van der Waals surface area contributed by atoms with E-state index < -0.39 is 0 Å². The number of aliphatic hydroxyl groups excluding tert-OH is 1. The van der Waals surface area contributed by atoms with E-state index in [0.717, 1.165) is 13.0 Å². The van der Waals surface area contributed by atoms with Crippen molar-refractivity contribution in [2.75, 3.05) is 26.2 Å². The largest absolute Gasteiger partial charge is 0.394 e. The molecule has 98 valence electrons. The lowest BCUT2D eigenvalue weighted by Gasteiger charge is -2.37. The molecular weight excluding hydrogens is 220 g/mol. The highest BCUT2D eigenvalue weighted by molar-refractivity contribution is 5.80. The van der Waals surface area contributed by atoms with Crippen molar-refractivity contribution in [2.24, 2.45) is 5.92 Å². The molecule has 0 aliphatic carbocycles. The minimum absolute atomic E-state index is 0.00881. The number of rotatable bonds is 2. The molecule has 0 radical (unpaired) electrons. The SMILES string of the molecule is CC1CN(C(=O)C2CCNC2C)CC(CO)O1. The van der Waals surface area contributed by atoms with Gasteiger partial charge in [-0.15, -0.1) is 0 Å². The molecule has 2 N–H and O–H groups in total. The van der Waals surface area contributed by atoms with E-state index in [1.807, 2.05) is 11.8 Å². The summed E-state index contributed by atoms with van der Waals surface area (Å²) in [7, 11) is 0. The van der Waals surface area contributed by atoms with Crippen molar-refractivity contribution < 1.29 is 14.6 Å². The first-order valence-corrected chi connectivity index (χ1v) is 6.40. The molecule has 2 fully saturated rings. The first kappa shape index (κ1) is 12.8. The summed E-state index contributed by atoms with van der Waals surface area (Å²) in [5.41, 5.74) is 0. The number of hydrogen-bond donors (Lipinski definition) is 2. The molecule has 5 nitrogen and oxygen atoms in total. The van der Waals surface area contributed by atoms with Crippen LogP contribution in [0.3, 0.4) is 0 Å². The molecule has 2 aliphatic heterocycles. The van der Waals surface area contributed by atoms with E-state index in [2.05, 4.69) is 12.2 Å². The van der Waals surface area contributed by atoms with Crippen LogP contribution in [0, 0.1) is 5.92 Å². The van der Waals surface area contributed by atoms with Crippen molar-refractivity contribution in [3.8, 4) is 0 Å². The second kappa shape index (κ2) is 5.33. The summed E-state index contributed by atoms with van der Waals surface area (Å²) in [5, 5.41) is 12.4. The van der Waals surface area contributed by atoms with Gasteiger partial charge in [0.25, 0.3) is 0 Å². The van der Waals surface area contributed by atoms with Crippen LogP contribution in [0.5, 0.6) is 0 Å². The van der Waals surface area contributed by atoms with Crippen molar-refractivity contribution in [1.29, 1.82) is 0 Å². The second-order valence-electron chi connectivity index (χ2n) is 5.13. The minimum Gasteiger partial charge on any atom is -0.394 e. The second-order valence-corrected chi connectivity index (χ2v) is 5.13. The third kappa shape index (κ3) is 2.78. The Morgan fingerprint density at radius 1 is 1.47 bits per heavy atom. The maximum atomic E-state index is 12.4. The molecule has 1 amide bonds. The number of aliphatic hydroxyl groups is 1. The summed E-state index contributed by atoms with van der Waals surface area (Å²) in [4.78, 5) is 14.2. The fraction of sp³-hybridized carbons (Fsp3) is 0.917. The molecular formula is C12H22N2O3. The van der Waals surface area contributed by atoms with Gasteiger partial charge in [0.1, 0.15) is 0 Å². The van der Waals surface area contributed by atoms with E-state index in [0.29, 0.717) is 13.1 Å². The van der Waals surface area contributed by atoms with Crippen LogP contribution in [0.4, 0.5) is 0 Å². The predicted octanol–water partition coefficient (Wildman–Crippen LogP) is -0.407. The van der Waals surface area contributed by atoms with Crippen LogP contribution in [0.25, 0.3) is 0 Å². The Labute approximate surface area is 102 Å². The van der Waals surface area contributed by atoms with Gasteiger partial charge in [0, 0.05) is 19.1 Å². The van der Waals surface area contributed by atoms with Gasteiger partial charge in [-0.2, -0.15) is 0 Å². The number of ether oxygens (including phenoxy) is 1. The number of carbonyl (C=O) groups excluding carboxylic acids is 1. The van der Waals surface area contributed by atoms with Gasteiger partial charge in [0.2, 0.25) is 5.91 Å². The fourth-order valence-corrected chi connectivity index (χ4v) is 2.76. The Balaban J connectivity index is 1.98. The van der Waals surface area contributed by atoms with Crippen LogP contribution >= 0.6 is 0 Å². The van der Waals surface area contributed by atoms with Gasteiger partial charge < -0.3 is 20.1 Å². The van der Waals surface area contributed by atoms with Crippen molar-refractivity contribution in [1.82, 2.24) is 10.2 Å². The van der Waals surface area contributed by atoms with Gasteiger partial charge in [-0.25, -0.2) is 0 Å². The lowest BCUT2D eigenvalue weighted by molar-refractivity contribution is -0.151. The maximum Gasteiger partial charge on any atom is 0.227 e. The number of hydrogen-bond acceptors (Lipinski definition) is 4. The molecule has 2 heterocycles. The first-order valence-electron chi connectivity index (χ1n) is 6.40. The van der Waals surface area contributed by atoms with Crippen LogP contribution in [-0.4, -0.2) is 60.4 Å². The van der Waals surface area contributed by atoms with Crippen LogP contribution in [0.15, 0.2) is 0 Å². The van der Waals surface area contributed by atoms with Gasteiger partial charge in [0.15, 0.2) is 0 Å². The molecule has 5 heteroatoms. The summed E-state index contributed by atoms with van der Waals surface area (Å²) >= 11 is 0. The van der Waals surface area contributed by atoms with Gasteiger partial charge in [-0.05, 0) is 26.8 Å². The molecule has 0 saturated carbocycles.